The molecule has 2 heterocycles. The number of carbonyl (C=O) groups excluding carboxylic acids is 3. The molecule has 2 aliphatic rings. The Morgan fingerprint density at radius 1 is 1.03 bits per heavy atom. The summed E-state index contributed by atoms with van der Waals surface area (Å²) in [5.74, 6) is 0.335. The number of anilines is 1. The zero-order valence-corrected chi connectivity index (χ0v) is 18.4. The van der Waals surface area contributed by atoms with Crippen molar-refractivity contribution in [3.63, 3.8) is 0 Å². The molecule has 1 atom stereocenters. The molecule has 0 radical (unpaired) electrons. The van der Waals surface area contributed by atoms with Gasteiger partial charge in [-0.2, -0.15) is 0 Å². The lowest BCUT2D eigenvalue weighted by molar-refractivity contribution is -0.147. The molecule has 3 amide bonds. The average molecular weight is 436 g/mol. The summed E-state index contributed by atoms with van der Waals surface area (Å²) in [6.45, 7) is 3.47. The molecular weight excluding hydrogens is 406 g/mol. The Labute approximate surface area is 188 Å². The highest BCUT2D eigenvalue weighted by Crippen LogP contribution is 2.28. The third-order valence-electron chi connectivity index (χ3n) is 6.07. The standard InChI is InChI=1S/C25H29N3O4/c1-2-23(29)26-20-11-10-18-15-22(25(31)27-12-6-7-13-27)28(16-19(18)14-20)24(30)17-32-21-8-4-3-5-9-21/h3-5,8-11,14,22H,2,6-7,12-13,15-17H2,1H3,(H,26,29)/t22-/m1/s1. The van der Waals surface area contributed by atoms with Crippen molar-refractivity contribution in [1.29, 1.82) is 0 Å². The van der Waals surface area contributed by atoms with E-state index in [9.17, 15) is 14.4 Å². The minimum atomic E-state index is -0.538. The Balaban J connectivity index is 1.55. The van der Waals surface area contributed by atoms with Gasteiger partial charge in [-0.3, -0.25) is 14.4 Å². The summed E-state index contributed by atoms with van der Waals surface area (Å²) in [5, 5.41) is 2.87. The molecular formula is C25H29N3O4. The first-order valence-corrected chi connectivity index (χ1v) is 11.2. The van der Waals surface area contributed by atoms with E-state index in [1.807, 2.05) is 41.3 Å². The monoisotopic (exact) mass is 435 g/mol. The Bertz CT molecular complexity index is 986. The number of hydrogen-bond acceptors (Lipinski definition) is 4. The first-order valence-electron chi connectivity index (χ1n) is 11.2. The second-order valence-electron chi connectivity index (χ2n) is 8.26. The number of carbonyl (C=O) groups is 3. The minimum absolute atomic E-state index is 0.00423. The van der Waals surface area contributed by atoms with Crippen LogP contribution in [-0.4, -0.2) is 53.3 Å². The summed E-state index contributed by atoms with van der Waals surface area (Å²) >= 11 is 0. The first-order chi connectivity index (χ1) is 15.5. The van der Waals surface area contributed by atoms with E-state index in [4.69, 9.17) is 4.74 Å². The van der Waals surface area contributed by atoms with Crippen LogP contribution >= 0.6 is 0 Å². The van der Waals surface area contributed by atoms with Crippen LogP contribution in [0.5, 0.6) is 5.75 Å². The maximum absolute atomic E-state index is 13.3. The molecule has 2 aromatic carbocycles. The predicted molar refractivity (Wildman–Crippen MR) is 121 cm³/mol. The van der Waals surface area contributed by atoms with Crippen LogP contribution in [0.15, 0.2) is 48.5 Å². The average Bonchev–Trinajstić information content (AvgIpc) is 3.37. The molecule has 0 aromatic heterocycles. The Morgan fingerprint density at radius 3 is 2.50 bits per heavy atom. The van der Waals surface area contributed by atoms with Gasteiger partial charge in [-0.25, -0.2) is 0 Å². The number of para-hydroxylation sites is 1. The number of likely N-dealkylation sites (tertiary alicyclic amines) is 1. The number of hydrogen-bond donors (Lipinski definition) is 1. The summed E-state index contributed by atoms with van der Waals surface area (Å²) in [4.78, 5) is 41.8. The van der Waals surface area contributed by atoms with Crippen molar-refractivity contribution in [1.82, 2.24) is 9.80 Å². The van der Waals surface area contributed by atoms with E-state index < -0.39 is 6.04 Å². The van der Waals surface area contributed by atoms with Gasteiger partial charge in [0.05, 0.1) is 0 Å². The van der Waals surface area contributed by atoms with Crippen molar-refractivity contribution in [3.8, 4) is 5.75 Å². The summed E-state index contributed by atoms with van der Waals surface area (Å²) in [6, 6.07) is 14.4. The highest BCUT2D eigenvalue weighted by Gasteiger charge is 2.37. The molecule has 0 saturated carbocycles. The molecule has 32 heavy (non-hydrogen) atoms. The lowest BCUT2D eigenvalue weighted by Crippen LogP contribution is -2.54. The SMILES string of the molecule is CCC(=O)Nc1ccc2c(c1)CN(C(=O)COc1ccccc1)[C@@H](C(=O)N1CCCC1)C2. The van der Waals surface area contributed by atoms with Gasteiger partial charge in [0.1, 0.15) is 11.8 Å². The highest BCUT2D eigenvalue weighted by atomic mass is 16.5. The first kappa shape index (κ1) is 21.9. The van der Waals surface area contributed by atoms with Crippen molar-refractivity contribution < 1.29 is 19.1 Å². The summed E-state index contributed by atoms with van der Waals surface area (Å²) in [5.41, 5.74) is 2.68. The minimum Gasteiger partial charge on any atom is -0.484 e. The number of fused-ring (bicyclic) bond motifs is 1. The molecule has 0 aliphatic carbocycles. The van der Waals surface area contributed by atoms with Crippen molar-refractivity contribution in [2.45, 2.75) is 45.2 Å². The summed E-state index contributed by atoms with van der Waals surface area (Å²) < 4.78 is 5.68. The second kappa shape index (κ2) is 9.85. The normalized spacial score (nSPS) is 17.6. The van der Waals surface area contributed by atoms with Crippen LogP contribution in [0.1, 0.15) is 37.3 Å². The van der Waals surface area contributed by atoms with E-state index in [2.05, 4.69) is 5.32 Å². The van der Waals surface area contributed by atoms with Gasteiger partial charge in [-0.05, 0) is 48.2 Å². The van der Waals surface area contributed by atoms with E-state index >= 15 is 0 Å². The van der Waals surface area contributed by atoms with Crippen LogP contribution < -0.4 is 10.1 Å². The number of nitrogens with zero attached hydrogens (tertiary/aromatic N) is 2. The molecule has 1 N–H and O–H groups in total. The van der Waals surface area contributed by atoms with Crippen LogP contribution in [-0.2, 0) is 27.3 Å². The lowest BCUT2D eigenvalue weighted by Gasteiger charge is -2.38. The van der Waals surface area contributed by atoms with Gasteiger partial charge in [0, 0.05) is 38.2 Å². The number of rotatable bonds is 6. The van der Waals surface area contributed by atoms with Crippen molar-refractivity contribution in [2.75, 3.05) is 25.0 Å². The largest absolute Gasteiger partial charge is 0.484 e. The molecule has 2 aromatic rings. The number of nitrogens with one attached hydrogen (secondary N) is 1. The van der Waals surface area contributed by atoms with Crippen molar-refractivity contribution >= 4 is 23.4 Å². The van der Waals surface area contributed by atoms with Crippen LogP contribution in [0.2, 0.25) is 0 Å². The molecule has 0 unspecified atom stereocenters. The predicted octanol–water partition coefficient (Wildman–Crippen LogP) is 2.99. The topological polar surface area (TPSA) is 79.0 Å². The van der Waals surface area contributed by atoms with Crippen LogP contribution in [0.25, 0.3) is 0 Å². The van der Waals surface area contributed by atoms with E-state index in [0.29, 0.717) is 30.8 Å². The molecule has 7 heteroatoms. The van der Waals surface area contributed by atoms with Crippen molar-refractivity contribution in [2.24, 2.45) is 0 Å². The lowest BCUT2D eigenvalue weighted by atomic mass is 9.92. The van der Waals surface area contributed by atoms with Gasteiger partial charge in [-0.15, -0.1) is 0 Å². The zero-order chi connectivity index (χ0) is 22.5. The quantitative estimate of drug-likeness (QED) is 0.757. The molecule has 2 aliphatic heterocycles. The molecule has 1 fully saturated rings. The molecule has 7 nitrogen and oxygen atoms in total. The van der Waals surface area contributed by atoms with Gasteiger partial charge in [-0.1, -0.05) is 31.2 Å². The molecule has 4 rings (SSSR count). The van der Waals surface area contributed by atoms with Gasteiger partial charge < -0.3 is 19.9 Å². The summed E-state index contributed by atoms with van der Waals surface area (Å²) in [6.07, 6.45) is 2.86. The van der Waals surface area contributed by atoms with E-state index in [1.54, 1.807) is 24.0 Å². The molecule has 0 bridgehead atoms. The fraction of sp³-hybridized carbons (Fsp3) is 0.400. The number of benzene rings is 2. The third-order valence-corrected chi connectivity index (χ3v) is 6.07. The summed E-state index contributed by atoms with van der Waals surface area (Å²) in [7, 11) is 0. The highest BCUT2D eigenvalue weighted by molar-refractivity contribution is 5.91. The number of amides is 3. The van der Waals surface area contributed by atoms with E-state index in [-0.39, 0.29) is 24.3 Å². The smallest absolute Gasteiger partial charge is 0.261 e. The van der Waals surface area contributed by atoms with E-state index in [0.717, 1.165) is 37.1 Å². The molecule has 1 saturated heterocycles. The van der Waals surface area contributed by atoms with Crippen molar-refractivity contribution in [3.05, 3.63) is 59.7 Å². The van der Waals surface area contributed by atoms with Crippen LogP contribution in [0.4, 0.5) is 5.69 Å². The van der Waals surface area contributed by atoms with Gasteiger partial charge in [0.15, 0.2) is 6.61 Å². The third kappa shape index (κ3) is 4.93. The maximum Gasteiger partial charge on any atom is 0.261 e. The Kier molecular flexibility index (Phi) is 6.73. The van der Waals surface area contributed by atoms with Crippen LogP contribution in [0.3, 0.4) is 0 Å². The van der Waals surface area contributed by atoms with Gasteiger partial charge >= 0.3 is 0 Å². The fourth-order valence-corrected chi connectivity index (χ4v) is 4.29. The molecule has 0 spiro atoms. The van der Waals surface area contributed by atoms with Crippen LogP contribution in [0, 0.1) is 0 Å². The Morgan fingerprint density at radius 2 is 1.78 bits per heavy atom. The zero-order valence-electron chi connectivity index (χ0n) is 18.4. The number of ether oxygens (including phenoxy) is 1. The Hall–Kier alpha value is -3.35. The van der Waals surface area contributed by atoms with Gasteiger partial charge in [0.25, 0.3) is 5.91 Å². The van der Waals surface area contributed by atoms with Gasteiger partial charge in [0.2, 0.25) is 11.8 Å². The van der Waals surface area contributed by atoms with E-state index in [1.165, 1.54) is 0 Å². The fourth-order valence-electron chi connectivity index (χ4n) is 4.29. The maximum atomic E-state index is 13.3. The second-order valence-corrected chi connectivity index (χ2v) is 8.26. The molecule has 168 valence electrons.